The Morgan fingerprint density at radius 3 is 2.25 bits per heavy atom. The first-order chi connectivity index (χ1) is 3.72. The smallest absolute Gasteiger partial charge is 0.0312 e. The molecular formula is C8H15. The van der Waals surface area contributed by atoms with E-state index in [1.807, 2.05) is 13.3 Å². The van der Waals surface area contributed by atoms with E-state index >= 15 is 0 Å². The van der Waals surface area contributed by atoms with Gasteiger partial charge in [0.05, 0.1) is 0 Å². The van der Waals surface area contributed by atoms with Crippen LogP contribution in [-0.4, -0.2) is 0 Å². The Morgan fingerprint density at radius 2 is 2.12 bits per heavy atom. The Kier molecular flexibility index (Phi) is 3.94. The molecule has 0 amide bonds. The van der Waals surface area contributed by atoms with Crippen LogP contribution in [0.2, 0.25) is 0 Å². The van der Waals surface area contributed by atoms with Crippen molar-refractivity contribution in [1.82, 2.24) is 0 Å². The standard InChI is InChI=1S/C8H15/c1-5-7(3)8(4)6-2/h3,5,7-8H,6H2,1-2,4H3. The lowest BCUT2D eigenvalue weighted by Gasteiger charge is -2.14. The van der Waals surface area contributed by atoms with Crippen LogP contribution in [0.25, 0.3) is 0 Å². The summed E-state index contributed by atoms with van der Waals surface area (Å²) < 4.78 is 0. The van der Waals surface area contributed by atoms with Crippen LogP contribution in [0.15, 0.2) is 0 Å². The van der Waals surface area contributed by atoms with E-state index in [2.05, 4.69) is 13.8 Å². The molecule has 0 heterocycles. The molecule has 0 aromatic carbocycles. The van der Waals surface area contributed by atoms with Crippen molar-refractivity contribution >= 4 is 0 Å². The maximum Gasteiger partial charge on any atom is -0.0312 e. The lowest BCUT2D eigenvalue weighted by Crippen LogP contribution is -2.05. The Bertz CT molecular complexity index is 40.0. The second kappa shape index (κ2) is 3.94. The van der Waals surface area contributed by atoms with E-state index in [0.29, 0.717) is 11.8 Å². The molecule has 0 spiro atoms. The predicted octanol–water partition coefficient (Wildman–Crippen LogP) is 2.58. The fourth-order valence-corrected chi connectivity index (χ4v) is 0.601. The van der Waals surface area contributed by atoms with Gasteiger partial charge in [0, 0.05) is 0 Å². The van der Waals surface area contributed by atoms with Gasteiger partial charge in [0.1, 0.15) is 0 Å². The number of rotatable bonds is 3. The SMILES string of the molecule is [CH]C([CH]C)C(C)CC. The van der Waals surface area contributed by atoms with Crippen molar-refractivity contribution in [3.63, 3.8) is 0 Å². The summed E-state index contributed by atoms with van der Waals surface area (Å²) in [6, 6.07) is 0. The molecule has 0 aliphatic heterocycles. The van der Waals surface area contributed by atoms with E-state index in [0.717, 1.165) is 0 Å². The topological polar surface area (TPSA) is 0 Å². The molecule has 2 unspecified atom stereocenters. The first-order valence-electron chi connectivity index (χ1n) is 3.27. The summed E-state index contributed by atoms with van der Waals surface area (Å²) in [6.45, 7) is 12.0. The molecule has 0 heteroatoms. The maximum atomic E-state index is 5.67. The molecule has 8 heavy (non-hydrogen) atoms. The van der Waals surface area contributed by atoms with E-state index in [4.69, 9.17) is 6.92 Å². The highest BCUT2D eigenvalue weighted by Crippen LogP contribution is 2.15. The zero-order chi connectivity index (χ0) is 6.57. The highest BCUT2D eigenvalue weighted by atomic mass is 14.1. The van der Waals surface area contributed by atoms with Gasteiger partial charge in [-0.2, -0.15) is 0 Å². The Morgan fingerprint density at radius 1 is 1.62 bits per heavy atom. The van der Waals surface area contributed by atoms with Crippen molar-refractivity contribution < 1.29 is 0 Å². The molecule has 0 aromatic heterocycles. The zero-order valence-electron chi connectivity index (χ0n) is 6.02. The summed E-state index contributed by atoms with van der Waals surface area (Å²) >= 11 is 0. The molecule has 2 atom stereocenters. The first kappa shape index (κ1) is 8.00. The lowest BCUT2D eigenvalue weighted by molar-refractivity contribution is 0.458. The van der Waals surface area contributed by atoms with Crippen molar-refractivity contribution in [1.29, 1.82) is 0 Å². The second-order valence-electron chi connectivity index (χ2n) is 2.30. The lowest BCUT2D eigenvalue weighted by atomic mass is 9.92. The molecule has 0 aliphatic rings. The molecule has 0 nitrogen and oxygen atoms in total. The van der Waals surface area contributed by atoms with Crippen molar-refractivity contribution in [3.05, 3.63) is 13.3 Å². The molecule has 0 aromatic rings. The molecular weight excluding hydrogens is 96.1 g/mol. The molecule has 47 valence electrons. The summed E-state index contributed by atoms with van der Waals surface area (Å²) in [6.07, 6.45) is 3.22. The van der Waals surface area contributed by atoms with Crippen LogP contribution in [0.3, 0.4) is 0 Å². The molecule has 0 fully saturated rings. The van der Waals surface area contributed by atoms with Crippen molar-refractivity contribution in [2.75, 3.05) is 0 Å². The van der Waals surface area contributed by atoms with Crippen LogP contribution in [-0.2, 0) is 0 Å². The minimum Gasteiger partial charge on any atom is -0.0651 e. The van der Waals surface area contributed by atoms with Gasteiger partial charge in [0.2, 0.25) is 0 Å². The summed E-state index contributed by atoms with van der Waals surface area (Å²) in [5.41, 5.74) is 0. The summed E-state index contributed by atoms with van der Waals surface area (Å²) in [5.74, 6) is 0.931. The third-order valence-electron chi connectivity index (χ3n) is 1.69. The van der Waals surface area contributed by atoms with E-state index < -0.39 is 0 Å². The third kappa shape index (κ3) is 2.34. The van der Waals surface area contributed by atoms with Crippen molar-refractivity contribution in [2.45, 2.75) is 27.2 Å². The predicted molar refractivity (Wildman–Crippen MR) is 37.2 cm³/mol. The third-order valence-corrected chi connectivity index (χ3v) is 1.69. The molecule has 0 N–H and O–H groups in total. The number of hydrogen-bond donors (Lipinski definition) is 0. The van der Waals surface area contributed by atoms with Crippen LogP contribution >= 0.6 is 0 Å². The molecule has 0 rings (SSSR count). The fourth-order valence-electron chi connectivity index (χ4n) is 0.601. The molecule has 0 saturated carbocycles. The Labute approximate surface area is 53.3 Å². The van der Waals surface area contributed by atoms with Gasteiger partial charge in [-0.25, -0.2) is 0 Å². The van der Waals surface area contributed by atoms with Gasteiger partial charge < -0.3 is 0 Å². The van der Waals surface area contributed by atoms with Crippen LogP contribution in [0.4, 0.5) is 0 Å². The van der Waals surface area contributed by atoms with Gasteiger partial charge in [-0.05, 0) is 25.2 Å². The van der Waals surface area contributed by atoms with Crippen LogP contribution < -0.4 is 0 Å². The van der Waals surface area contributed by atoms with Gasteiger partial charge in [-0.1, -0.05) is 27.2 Å². The van der Waals surface area contributed by atoms with E-state index in [9.17, 15) is 0 Å². The van der Waals surface area contributed by atoms with Crippen LogP contribution in [0.5, 0.6) is 0 Å². The van der Waals surface area contributed by atoms with Gasteiger partial charge in [0.25, 0.3) is 0 Å². The highest BCUT2D eigenvalue weighted by Gasteiger charge is 2.06. The summed E-state index contributed by atoms with van der Waals surface area (Å²) in [4.78, 5) is 0. The van der Waals surface area contributed by atoms with Gasteiger partial charge in [0.15, 0.2) is 0 Å². The minimum absolute atomic E-state index is 0.292. The summed E-state index contributed by atoms with van der Waals surface area (Å²) in [7, 11) is 0. The van der Waals surface area contributed by atoms with Gasteiger partial charge in [-0.3, -0.25) is 0 Å². The van der Waals surface area contributed by atoms with Crippen LogP contribution in [0, 0.1) is 25.2 Å². The van der Waals surface area contributed by atoms with E-state index in [1.165, 1.54) is 6.42 Å². The minimum atomic E-state index is 0.292. The molecule has 0 aliphatic carbocycles. The first-order valence-corrected chi connectivity index (χ1v) is 3.27. The second-order valence-corrected chi connectivity index (χ2v) is 2.30. The zero-order valence-corrected chi connectivity index (χ0v) is 6.02. The average molecular weight is 111 g/mol. The number of hydrogen-bond acceptors (Lipinski definition) is 0. The molecule has 0 bridgehead atoms. The van der Waals surface area contributed by atoms with E-state index in [1.54, 1.807) is 0 Å². The van der Waals surface area contributed by atoms with Crippen molar-refractivity contribution in [2.24, 2.45) is 11.8 Å². The quantitative estimate of drug-likeness (QED) is 0.525. The largest absolute Gasteiger partial charge is 0.0651 e. The van der Waals surface area contributed by atoms with Gasteiger partial charge in [-0.15, -0.1) is 0 Å². The normalized spacial score (nSPS) is 18.0. The fraction of sp³-hybridized carbons (Fsp3) is 0.750. The highest BCUT2D eigenvalue weighted by molar-refractivity contribution is 4.77. The van der Waals surface area contributed by atoms with Crippen LogP contribution in [0.1, 0.15) is 27.2 Å². The Hall–Kier alpha value is 0. The maximum absolute atomic E-state index is 5.67. The Balaban J connectivity index is 3.29. The monoisotopic (exact) mass is 111 g/mol. The molecule has 3 radical (unpaired) electrons. The molecule has 0 saturated heterocycles. The average Bonchev–Trinajstić information content (AvgIpc) is 1.84. The van der Waals surface area contributed by atoms with E-state index in [-0.39, 0.29) is 0 Å². The van der Waals surface area contributed by atoms with Gasteiger partial charge >= 0.3 is 0 Å². The van der Waals surface area contributed by atoms with Crippen molar-refractivity contribution in [3.8, 4) is 0 Å². The summed E-state index contributed by atoms with van der Waals surface area (Å²) in [5, 5.41) is 0.